The molecule has 0 fully saturated rings. The van der Waals surface area contributed by atoms with E-state index in [2.05, 4.69) is 5.92 Å². The van der Waals surface area contributed by atoms with Gasteiger partial charge in [-0.2, -0.15) is 0 Å². The van der Waals surface area contributed by atoms with Gasteiger partial charge in [-0.05, 0) is 13.3 Å². The van der Waals surface area contributed by atoms with E-state index in [1.807, 2.05) is 6.92 Å². The Hall–Kier alpha value is -0.520. The quantitative estimate of drug-likeness (QED) is 0.588. The Morgan fingerprint density at radius 2 is 2.30 bits per heavy atom. The van der Waals surface area contributed by atoms with Gasteiger partial charge in [0.25, 0.3) is 0 Å². The minimum Gasteiger partial charge on any atom is -0.390 e. The average molecular weight is 142 g/mol. The first-order valence-corrected chi connectivity index (χ1v) is 3.36. The molecule has 0 amide bonds. The Bertz CT molecular complexity index is 115. The second kappa shape index (κ2) is 5.28. The molecule has 58 valence electrons. The molecule has 0 bridgehead atoms. The molecule has 0 rings (SSSR count). The molecule has 0 aromatic carbocycles. The fraction of sp³-hybridized carbons (Fsp3) is 0.750. The molecular formula is C8H14O2. The largest absolute Gasteiger partial charge is 0.390 e. The molecule has 0 aliphatic carbocycles. The summed E-state index contributed by atoms with van der Waals surface area (Å²) >= 11 is 0. The molecule has 0 saturated heterocycles. The van der Waals surface area contributed by atoms with Crippen LogP contribution in [-0.2, 0) is 4.74 Å². The van der Waals surface area contributed by atoms with Crippen LogP contribution in [-0.4, -0.2) is 24.4 Å². The zero-order valence-electron chi connectivity index (χ0n) is 6.50. The number of methoxy groups -OCH3 is 1. The van der Waals surface area contributed by atoms with E-state index in [4.69, 9.17) is 11.2 Å². The summed E-state index contributed by atoms with van der Waals surface area (Å²) in [5.74, 6) is 2.46. The Balaban J connectivity index is 3.43. The van der Waals surface area contributed by atoms with E-state index in [1.54, 1.807) is 7.11 Å². The highest BCUT2D eigenvalue weighted by Crippen LogP contribution is 2.03. The van der Waals surface area contributed by atoms with E-state index >= 15 is 0 Å². The molecule has 0 saturated carbocycles. The highest BCUT2D eigenvalue weighted by molar-refractivity contribution is 4.85. The van der Waals surface area contributed by atoms with Crippen molar-refractivity contribution in [1.29, 1.82) is 0 Å². The van der Waals surface area contributed by atoms with Crippen LogP contribution in [0, 0.1) is 12.3 Å². The predicted octanol–water partition coefficient (Wildman–Crippen LogP) is 0.796. The topological polar surface area (TPSA) is 29.5 Å². The van der Waals surface area contributed by atoms with Crippen molar-refractivity contribution in [3.63, 3.8) is 0 Å². The van der Waals surface area contributed by atoms with Gasteiger partial charge < -0.3 is 9.84 Å². The maximum Gasteiger partial charge on any atom is 0.0808 e. The third kappa shape index (κ3) is 3.49. The van der Waals surface area contributed by atoms with Crippen molar-refractivity contribution in [2.45, 2.75) is 32.0 Å². The zero-order chi connectivity index (χ0) is 7.98. The smallest absolute Gasteiger partial charge is 0.0808 e. The molecular weight excluding hydrogens is 128 g/mol. The number of hydrogen-bond acceptors (Lipinski definition) is 2. The maximum atomic E-state index is 9.23. The van der Waals surface area contributed by atoms with Gasteiger partial charge in [0.2, 0.25) is 0 Å². The second-order valence-electron chi connectivity index (χ2n) is 2.25. The molecule has 0 aliphatic heterocycles. The normalized spacial score (nSPS) is 15.8. The molecule has 0 spiro atoms. The molecule has 0 heterocycles. The zero-order valence-corrected chi connectivity index (χ0v) is 6.50. The van der Waals surface area contributed by atoms with Gasteiger partial charge in [-0.1, -0.05) is 0 Å². The molecule has 1 N–H and O–H groups in total. The van der Waals surface area contributed by atoms with Crippen LogP contribution in [0.1, 0.15) is 19.8 Å². The Labute approximate surface area is 62.2 Å². The summed E-state index contributed by atoms with van der Waals surface area (Å²) in [5.41, 5.74) is 0. The summed E-state index contributed by atoms with van der Waals surface area (Å²) in [5, 5.41) is 9.23. The van der Waals surface area contributed by atoms with Crippen LogP contribution in [0.5, 0.6) is 0 Å². The minimum absolute atomic E-state index is 0.117. The fourth-order valence-corrected chi connectivity index (χ4v) is 0.623. The summed E-state index contributed by atoms with van der Waals surface area (Å²) < 4.78 is 4.89. The van der Waals surface area contributed by atoms with Crippen molar-refractivity contribution >= 4 is 0 Å². The third-order valence-electron chi connectivity index (χ3n) is 1.50. The van der Waals surface area contributed by atoms with Crippen LogP contribution in [0.4, 0.5) is 0 Å². The molecule has 0 aromatic heterocycles. The summed E-state index contributed by atoms with van der Waals surface area (Å²) in [6.45, 7) is 1.82. The van der Waals surface area contributed by atoms with Crippen molar-refractivity contribution in [1.82, 2.24) is 0 Å². The van der Waals surface area contributed by atoms with Crippen molar-refractivity contribution < 1.29 is 9.84 Å². The Kier molecular flexibility index (Phi) is 5.00. The van der Waals surface area contributed by atoms with E-state index in [0.29, 0.717) is 12.8 Å². The lowest BCUT2D eigenvalue weighted by molar-refractivity contribution is -0.00334. The molecule has 2 heteroatoms. The van der Waals surface area contributed by atoms with Gasteiger partial charge in [0.1, 0.15) is 0 Å². The highest BCUT2D eigenvalue weighted by Gasteiger charge is 2.11. The van der Waals surface area contributed by atoms with Gasteiger partial charge in [0.15, 0.2) is 0 Å². The number of terminal acetylenes is 1. The molecule has 0 aromatic rings. The first-order chi connectivity index (χ1) is 4.72. The number of hydrogen-bond donors (Lipinski definition) is 1. The van der Waals surface area contributed by atoms with E-state index in [0.717, 1.165) is 0 Å². The van der Waals surface area contributed by atoms with Gasteiger partial charge >= 0.3 is 0 Å². The van der Waals surface area contributed by atoms with Crippen LogP contribution >= 0.6 is 0 Å². The monoisotopic (exact) mass is 142 g/mol. The number of aliphatic hydroxyl groups is 1. The summed E-state index contributed by atoms with van der Waals surface area (Å²) in [4.78, 5) is 0. The molecule has 0 radical (unpaired) electrons. The van der Waals surface area contributed by atoms with Crippen molar-refractivity contribution in [2.24, 2.45) is 0 Å². The van der Waals surface area contributed by atoms with Crippen molar-refractivity contribution in [2.75, 3.05) is 7.11 Å². The van der Waals surface area contributed by atoms with Gasteiger partial charge in [0, 0.05) is 13.5 Å². The van der Waals surface area contributed by atoms with Gasteiger partial charge in [0.05, 0.1) is 12.2 Å². The average Bonchev–Trinajstić information content (AvgIpc) is 1.98. The predicted molar refractivity (Wildman–Crippen MR) is 40.5 cm³/mol. The molecule has 10 heavy (non-hydrogen) atoms. The maximum absolute atomic E-state index is 9.23. The standard InChI is InChI=1S/C8H14O2/c1-4-5-6-8(9)7(2)10-3/h1,7-9H,5-6H2,2-3H3. The summed E-state index contributed by atoms with van der Waals surface area (Å²) in [6, 6.07) is 0. The molecule has 2 unspecified atom stereocenters. The van der Waals surface area contributed by atoms with Crippen LogP contribution in [0.2, 0.25) is 0 Å². The SMILES string of the molecule is C#CCCC(O)C(C)OC. The summed E-state index contributed by atoms with van der Waals surface area (Å²) in [6.07, 6.45) is 5.69. The molecule has 2 nitrogen and oxygen atoms in total. The third-order valence-corrected chi connectivity index (χ3v) is 1.50. The van der Waals surface area contributed by atoms with E-state index in [-0.39, 0.29) is 6.10 Å². The van der Waals surface area contributed by atoms with E-state index in [9.17, 15) is 5.11 Å². The Morgan fingerprint density at radius 1 is 1.70 bits per heavy atom. The van der Waals surface area contributed by atoms with Crippen molar-refractivity contribution in [3.8, 4) is 12.3 Å². The van der Waals surface area contributed by atoms with Crippen LogP contribution in [0.15, 0.2) is 0 Å². The number of rotatable bonds is 4. The molecule has 2 atom stereocenters. The lowest BCUT2D eigenvalue weighted by atomic mass is 10.1. The van der Waals surface area contributed by atoms with Gasteiger partial charge in [-0.3, -0.25) is 0 Å². The molecule has 0 aliphatic rings. The second-order valence-corrected chi connectivity index (χ2v) is 2.25. The van der Waals surface area contributed by atoms with E-state index in [1.165, 1.54) is 0 Å². The van der Waals surface area contributed by atoms with E-state index < -0.39 is 6.10 Å². The first-order valence-electron chi connectivity index (χ1n) is 3.36. The van der Waals surface area contributed by atoms with Crippen LogP contribution in [0.25, 0.3) is 0 Å². The number of aliphatic hydroxyl groups excluding tert-OH is 1. The Morgan fingerprint density at radius 3 is 2.70 bits per heavy atom. The fourth-order valence-electron chi connectivity index (χ4n) is 0.623. The minimum atomic E-state index is -0.430. The van der Waals surface area contributed by atoms with Crippen LogP contribution in [0.3, 0.4) is 0 Å². The first kappa shape index (κ1) is 9.48. The van der Waals surface area contributed by atoms with Crippen LogP contribution < -0.4 is 0 Å². The van der Waals surface area contributed by atoms with Crippen molar-refractivity contribution in [3.05, 3.63) is 0 Å². The van der Waals surface area contributed by atoms with Gasteiger partial charge in [-0.15, -0.1) is 12.3 Å². The summed E-state index contributed by atoms with van der Waals surface area (Å²) in [7, 11) is 1.57. The number of ether oxygens (including phenoxy) is 1. The lowest BCUT2D eigenvalue weighted by Crippen LogP contribution is -2.24. The highest BCUT2D eigenvalue weighted by atomic mass is 16.5. The van der Waals surface area contributed by atoms with Gasteiger partial charge in [-0.25, -0.2) is 0 Å². The lowest BCUT2D eigenvalue weighted by Gasteiger charge is -2.15.